The lowest BCUT2D eigenvalue weighted by Gasteiger charge is -2.62. The highest BCUT2D eigenvalue weighted by molar-refractivity contribution is 5.81. The quantitative estimate of drug-likeness (QED) is 0.0741. The van der Waals surface area contributed by atoms with Crippen molar-refractivity contribution < 1.29 is 38.0 Å². The van der Waals surface area contributed by atoms with E-state index in [0.717, 1.165) is 42.3 Å². The van der Waals surface area contributed by atoms with Gasteiger partial charge in [0, 0.05) is 17.6 Å². The van der Waals surface area contributed by atoms with Crippen molar-refractivity contribution in [3.63, 3.8) is 0 Å². The molecule has 2 aromatic rings. The average molecular weight is 689 g/mol. The van der Waals surface area contributed by atoms with Crippen LogP contribution in [0.2, 0.25) is 0 Å². The second kappa shape index (κ2) is 18.0. The summed E-state index contributed by atoms with van der Waals surface area (Å²) in [5.74, 6) is 3.71. The van der Waals surface area contributed by atoms with Gasteiger partial charge in [-0.05, 0) is 110 Å². The van der Waals surface area contributed by atoms with E-state index in [1.165, 1.54) is 49.3 Å². The first kappa shape index (κ1) is 37.6. The van der Waals surface area contributed by atoms with Crippen LogP contribution in [0.15, 0.2) is 73.8 Å². The van der Waals surface area contributed by atoms with E-state index in [0.29, 0.717) is 44.7 Å². The van der Waals surface area contributed by atoms with Crippen LogP contribution < -0.4 is 9.47 Å². The third kappa shape index (κ3) is 8.99. The number of hydrogen-bond acceptors (Lipinski definition) is 8. The molecular formula is C42H56O8. The Morgan fingerprint density at radius 2 is 1.14 bits per heavy atom. The standard InChI is InChI=1S/C42H56O8/c1-6-35(45-19-20-46-40(43)9-4)26-48-38-15-11-31(12-16-38)42(33-22-29-21-30(24-33)25-34(42)23-29)32-13-17-39(18-14-32)49-27-36(7-2)47-28-37(8-3)50-41(44)10-5/h9-18,29-30,33-37H,4-8,19-28H2,1-3H3. The molecule has 0 spiro atoms. The molecule has 0 heterocycles. The summed E-state index contributed by atoms with van der Waals surface area (Å²) in [6.07, 6.45) is 10.6. The smallest absolute Gasteiger partial charge is 0.330 e. The average Bonchev–Trinajstić information content (AvgIpc) is 3.14. The Balaban J connectivity index is 1.24. The van der Waals surface area contributed by atoms with Gasteiger partial charge in [-0.15, -0.1) is 0 Å². The van der Waals surface area contributed by atoms with E-state index < -0.39 is 11.9 Å². The predicted octanol–water partition coefficient (Wildman–Crippen LogP) is 8.01. The minimum atomic E-state index is -0.446. The molecule has 50 heavy (non-hydrogen) atoms. The van der Waals surface area contributed by atoms with Crippen molar-refractivity contribution in [1.82, 2.24) is 0 Å². The number of hydrogen-bond donors (Lipinski definition) is 0. The highest BCUT2D eigenvalue weighted by Crippen LogP contribution is 2.65. The van der Waals surface area contributed by atoms with Gasteiger partial charge >= 0.3 is 11.9 Å². The van der Waals surface area contributed by atoms with Crippen LogP contribution in [-0.4, -0.2) is 63.3 Å². The van der Waals surface area contributed by atoms with Crippen LogP contribution in [-0.2, 0) is 34.0 Å². The zero-order valence-corrected chi connectivity index (χ0v) is 30.2. The molecule has 4 saturated carbocycles. The number of benzene rings is 2. The summed E-state index contributed by atoms with van der Waals surface area (Å²) in [4.78, 5) is 22.9. The van der Waals surface area contributed by atoms with Gasteiger partial charge in [0.25, 0.3) is 0 Å². The van der Waals surface area contributed by atoms with Gasteiger partial charge in [-0.1, -0.05) is 58.2 Å². The number of ether oxygens (including phenoxy) is 6. The van der Waals surface area contributed by atoms with Crippen LogP contribution in [0.1, 0.15) is 83.3 Å². The van der Waals surface area contributed by atoms with Crippen molar-refractivity contribution in [2.24, 2.45) is 23.7 Å². The molecule has 4 fully saturated rings. The summed E-state index contributed by atoms with van der Waals surface area (Å²) in [5.41, 5.74) is 2.72. The number of carbonyl (C=O) groups excluding carboxylic acids is 2. The number of carbonyl (C=O) groups is 2. The Morgan fingerprint density at radius 3 is 1.60 bits per heavy atom. The van der Waals surface area contributed by atoms with Crippen LogP contribution in [0, 0.1) is 23.7 Å². The topological polar surface area (TPSA) is 89.5 Å². The summed E-state index contributed by atoms with van der Waals surface area (Å²) in [7, 11) is 0. The molecule has 0 saturated heterocycles. The van der Waals surface area contributed by atoms with E-state index in [4.69, 9.17) is 28.4 Å². The zero-order chi connectivity index (χ0) is 35.5. The van der Waals surface area contributed by atoms with Gasteiger partial charge < -0.3 is 28.4 Å². The molecule has 0 N–H and O–H groups in total. The molecule has 4 aliphatic carbocycles. The lowest BCUT2D eigenvalue weighted by Crippen LogP contribution is -2.56. The summed E-state index contributed by atoms with van der Waals surface area (Å²) < 4.78 is 34.8. The van der Waals surface area contributed by atoms with Crippen molar-refractivity contribution >= 4 is 11.9 Å². The largest absolute Gasteiger partial charge is 0.491 e. The fourth-order valence-electron chi connectivity index (χ4n) is 8.74. The first-order chi connectivity index (χ1) is 24.3. The maximum Gasteiger partial charge on any atom is 0.330 e. The van der Waals surface area contributed by atoms with Gasteiger partial charge in [-0.3, -0.25) is 0 Å². The Hall–Kier alpha value is -3.62. The van der Waals surface area contributed by atoms with Crippen molar-refractivity contribution in [3.8, 4) is 11.5 Å². The Labute approximate surface area is 298 Å². The molecule has 4 bridgehead atoms. The Morgan fingerprint density at radius 1 is 0.660 bits per heavy atom. The second-order valence-corrected chi connectivity index (χ2v) is 14.2. The van der Waals surface area contributed by atoms with Gasteiger partial charge in [-0.2, -0.15) is 0 Å². The summed E-state index contributed by atoms with van der Waals surface area (Å²) >= 11 is 0. The van der Waals surface area contributed by atoms with Gasteiger partial charge in [0.1, 0.15) is 37.4 Å². The molecule has 8 nitrogen and oxygen atoms in total. The number of esters is 2. The molecule has 272 valence electrons. The van der Waals surface area contributed by atoms with Gasteiger partial charge in [-0.25, -0.2) is 9.59 Å². The van der Waals surface area contributed by atoms with Crippen molar-refractivity contribution in [2.45, 2.75) is 95.9 Å². The SMILES string of the molecule is C=CC(=O)OCCOC(CC)COc1ccc(C2(c3ccc(OCC(CC)OCC(CC)OC(=O)C=C)cc3)C3CC4CC(C3)CC2C4)cc1. The first-order valence-corrected chi connectivity index (χ1v) is 18.6. The first-order valence-electron chi connectivity index (χ1n) is 18.6. The minimum Gasteiger partial charge on any atom is -0.491 e. The van der Waals surface area contributed by atoms with E-state index >= 15 is 0 Å². The van der Waals surface area contributed by atoms with E-state index in [9.17, 15) is 9.59 Å². The second-order valence-electron chi connectivity index (χ2n) is 14.2. The lowest BCUT2D eigenvalue weighted by molar-refractivity contribution is -0.148. The highest BCUT2D eigenvalue weighted by atomic mass is 16.6. The van der Waals surface area contributed by atoms with Crippen molar-refractivity contribution in [2.75, 3.05) is 33.0 Å². The third-order valence-electron chi connectivity index (χ3n) is 11.1. The molecule has 3 unspecified atom stereocenters. The van der Waals surface area contributed by atoms with Crippen LogP contribution in [0.4, 0.5) is 0 Å². The predicted molar refractivity (Wildman–Crippen MR) is 193 cm³/mol. The van der Waals surface area contributed by atoms with Crippen LogP contribution in [0.5, 0.6) is 11.5 Å². The molecule has 8 heteroatoms. The van der Waals surface area contributed by atoms with E-state index in [1.807, 2.05) is 6.92 Å². The maximum atomic E-state index is 11.6. The van der Waals surface area contributed by atoms with Crippen LogP contribution in [0.3, 0.4) is 0 Å². The molecule has 0 aliphatic heterocycles. The normalized spacial score (nSPS) is 25.3. The zero-order valence-electron chi connectivity index (χ0n) is 30.2. The van der Waals surface area contributed by atoms with Crippen molar-refractivity contribution in [3.05, 3.63) is 85.0 Å². The molecule has 4 aliphatic rings. The molecule has 3 atom stereocenters. The minimum absolute atomic E-state index is 0.0322. The fourth-order valence-corrected chi connectivity index (χ4v) is 8.74. The Kier molecular flexibility index (Phi) is 13.6. The molecule has 0 aromatic heterocycles. The Bertz CT molecular complexity index is 1370. The fraction of sp³-hybridized carbons (Fsp3) is 0.571. The summed E-state index contributed by atoms with van der Waals surface area (Å²) in [5, 5.41) is 0. The van der Waals surface area contributed by atoms with E-state index in [1.54, 1.807) is 0 Å². The molecule has 0 radical (unpaired) electrons. The lowest BCUT2D eigenvalue weighted by atomic mass is 9.42. The monoisotopic (exact) mass is 688 g/mol. The van der Waals surface area contributed by atoms with Crippen LogP contribution >= 0.6 is 0 Å². The summed E-state index contributed by atoms with van der Waals surface area (Å²) in [6.45, 7) is 14.7. The summed E-state index contributed by atoms with van der Waals surface area (Å²) in [6, 6.07) is 17.6. The molecule has 2 aromatic carbocycles. The molecule has 0 amide bonds. The third-order valence-corrected chi connectivity index (χ3v) is 11.1. The van der Waals surface area contributed by atoms with Gasteiger partial charge in [0.05, 0.1) is 25.4 Å². The highest BCUT2D eigenvalue weighted by Gasteiger charge is 2.58. The van der Waals surface area contributed by atoms with E-state index in [2.05, 4.69) is 75.5 Å². The molecular weight excluding hydrogens is 632 g/mol. The van der Waals surface area contributed by atoms with Gasteiger partial charge in [0.2, 0.25) is 0 Å². The molecule has 6 rings (SSSR count). The maximum absolute atomic E-state index is 11.6. The van der Waals surface area contributed by atoms with Gasteiger partial charge in [0.15, 0.2) is 0 Å². The van der Waals surface area contributed by atoms with Crippen LogP contribution in [0.25, 0.3) is 0 Å². The van der Waals surface area contributed by atoms with Crippen molar-refractivity contribution in [1.29, 1.82) is 0 Å². The number of rotatable bonds is 21. The van der Waals surface area contributed by atoms with E-state index in [-0.39, 0.29) is 30.3 Å².